The van der Waals surface area contributed by atoms with Crippen LogP contribution in [0.3, 0.4) is 0 Å². The topological polar surface area (TPSA) is 49.4 Å². The molecule has 28 heavy (non-hydrogen) atoms. The maximum Gasteiger partial charge on any atom is 0.152 e. The van der Waals surface area contributed by atoms with Gasteiger partial charge in [0, 0.05) is 24.3 Å². The fourth-order valence-corrected chi connectivity index (χ4v) is 3.03. The molecular weight excluding hydrogens is 355 g/mol. The van der Waals surface area contributed by atoms with Crippen LogP contribution in [-0.2, 0) is 0 Å². The second-order valence-electron chi connectivity index (χ2n) is 6.47. The van der Waals surface area contributed by atoms with Crippen LogP contribution in [-0.4, -0.2) is 38.8 Å². The zero-order valence-electron chi connectivity index (χ0n) is 15.6. The lowest BCUT2D eigenvalue weighted by molar-refractivity contribution is 0.111. The first-order valence-electron chi connectivity index (χ1n) is 9.46. The van der Waals surface area contributed by atoms with Gasteiger partial charge in [0.05, 0.1) is 5.56 Å². The molecule has 152 valence electrons. The zero-order valence-corrected chi connectivity index (χ0v) is 15.6. The predicted octanol–water partition coefficient (Wildman–Crippen LogP) is 4.74. The lowest BCUT2D eigenvalue weighted by Gasteiger charge is -2.18. The third-order valence-corrected chi connectivity index (χ3v) is 4.50. The van der Waals surface area contributed by atoms with Crippen LogP contribution in [0.2, 0.25) is 0 Å². The van der Waals surface area contributed by atoms with Crippen molar-refractivity contribution in [3.05, 3.63) is 65.5 Å². The molecule has 0 radical (unpaired) electrons. The number of rotatable bonds is 3. The van der Waals surface area contributed by atoms with Gasteiger partial charge in [-0.3, -0.25) is 9.59 Å². The van der Waals surface area contributed by atoms with Crippen LogP contribution in [0.1, 0.15) is 53.8 Å². The number of carbonyl (C=O) groups excluding carboxylic acids is 2. The number of benzene rings is 2. The summed E-state index contributed by atoms with van der Waals surface area (Å²) in [5.41, 5.74) is 2.01. The minimum atomic E-state index is -0.465. The van der Waals surface area contributed by atoms with Crippen molar-refractivity contribution < 1.29 is 14.0 Å². The Balaban J connectivity index is 0.000000227. The molecular formula is C23H31FN2O2. The second-order valence-corrected chi connectivity index (χ2v) is 6.47. The van der Waals surface area contributed by atoms with Gasteiger partial charge in [-0.2, -0.15) is 0 Å². The van der Waals surface area contributed by atoms with Gasteiger partial charge in [0.15, 0.2) is 12.6 Å². The summed E-state index contributed by atoms with van der Waals surface area (Å²) in [4.78, 5) is 23.0. The molecule has 2 aromatic rings. The van der Waals surface area contributed by atoms with Crippen molar-refractivity contribution in [2.45, 2.75) is 33.1 Å². The number of hydrogen-bond acceptors (Lipinski definition) is 4. The molecule has 1 N–H and O–H groups in total. The molecule has 0 saturated carbocycles. The van der Waals surface area contributed by atoms with Crippen molar-refractivity contribution in [1.29, 1.82) is 0 Å². The third kappa shape index (κ3) is 7.61. The number of anilines is 1. The molecule has 0 spiro atoms. The van der Waals surface area contributed by atoms with Crippen molar-refractivity contribution in [1.82, 2.24) is 5.32 Å². The second kappa shape index (κ2) is 13.6. The molecule has 0 atom stereocenters. The molecule has 2 fully saturated rings. The number of nitrogens with zero attached hydrogens (tertiary/aromatic N) is 1. The molecule has 0 bridgehead atoms. The monoisotopic (exact) mass is 386 g/mol. The van der Waals surface area contributed by atoms with Gasteiger partial charge in [-0.15, -0.1) is 0 Å². The summed E-state index contributed by atoms with van der Waals surface area (Å²) in [5.74, 6) is -0.465. The lowest BCUT2D eigenvalue weighted by atomic mass is 10.2. The first-order chi connectivity index (χ1) is 13.3. The smallest absolute Gasteiger partial charge is 0.152 e. The van der Waals surface area contributed by atoms with E-state index in [1.165, 1.54) is 50.9 Å². The molecule has 0 amide bonds. The Hall–Kier alpha value is -2.53. The van der Waals surface area contributed by atoms with Gasteiger partial charge in [-0.25, -0.2) is 4.39 Å². The Morgan fingerprint density at radius 3 is 1.79 bits per heavy atom. The largest absolute Gasteiger partial charge is 0.371 e. The van der Waals surface area contributed by atoms with Crippen LogP contribution in [0.15, 0.2) is 48.5 Å². The van der Waals surface area contributed by atoms with Crippen molar-refractivity contribution in [3.8, 4) is 0 Å². The van der Waals surface area contributed by atoms with E-state index in [0.29, 0.717) is 6.29 Å². The molecule has 2 saturated heterocycles. The highest BCUT2D eigenvalue weighted by Gasteiger charge is 2.14. The van der Waals surface area contributed by atoms with Gasteiger partial charge in [0.25, 0.3) is 0 Å². The summed E-state index contributed by atoms with van der Waals surface area (Å²) in [6.07, 6.45) is 6.70. The van der Waals surface area contributed by atoms with Crippen LogP contribution in [0, 0.1) is 5.82 Å². The Morgan fingerprint density at radius 2 is 1.32 bits per heavy atom. The number of aldehydes is 2. The van der Waals surface area contributed by atoms with E-state index in [4.69, 9.17) is 0 Å². The highest BCUT2D eigenvalue weighted by Crippen LogP contribution is 2.22. The Morgan fingerprint density at radius 1 is 0.786 bits per heavy atom. The van der Waals surface area contributed by atoms with E-state index in [2.05, 4.69) is 10.2 Å². The summed E-state index contributed by atoms with van der Waals surface area (Å²) < 4.78 is 12.4. The molecule has 2 heterocycles. The number of hydrogen-bond donors (Lipinski definition) is 1. The van der Waals surface area contributed by atoms with Crippen LogP contribution in [0.5, 0.6) is 0 Å². The standard InChI is InChI=1S/C11H13NO.C7H5FO.C4H9N.CH4/c13-9-10-5-1-2-6-11(10)12-7-3-4-8-12;8-7-4-2-1-3-6(7)5-9;1-2-4-5-3-1;/h1-2,5-6,9H,3-4,7-8H2;1-5H;5H,1-4H2;1H4. The maximum atomic E-state index is 12.4. The average Bonchev–Trinajstić information content (AvgIpc) is 3.45. The van der Waals surface area contributed by atoms with Crippen LogP contribution in [0.4, 0.5) is 10.1 Å². The molecule has 4 nitrogen and oxygen atoms in total. The van der Waals surface area contributed by atoms with Crippen LogP contribution >= 0.6 is 0 Å². The number of carbonyl (C=O) groups is 2. The Labute approximate surface area is 167 Å². The van der Waals surface area contributed by atoms with E-state index in [9.17, 15) is 14.0 Å². The predicted molar refractivity (Wildman–Crippen MR) is 114 cm³/mol. The number of halogens is 1. The average molecular weight is 387 g/mol. The van der Waals surface area contributed by atoms with E-state index in [1.54, 1.807) is 12.1 Å². The summed E-state index contributed by atoms with van der Waals surface area (Å²) in [7, 11) is 0. The van der Waals surface area contributed by atoms with Gasteiger partial charge in [-0.05, 0) is 63.0 Å². The lowest BCUT2D eigenvalue weighted by Crippen LogP contribution is -2.18. The van der Waals surface area contributed by atoms with Crippen LogP contribution < -0.4 is 10.2 Å². The highest BCUT2D eigenvalue weighted by molar-refractivity contribution is 5.84. The van der Waals surface area contributed by atoms with Crippen LogP contribution in [0.25, 0.3) is 0 Å². The molecule has 4 rings (SSSR count). The molecule has 0 aliphatic carbocycles. The quantitative estimate of drug-likeness (QED) is 0.774. The first kappa shape index (κ1) is 23.5. The molecule has 0 aromatic heterocycles. The normalized spacial score (nSPS) is 14.7. The fourth-order valence-electron chi connectivity index (χ4n) is 3.03. The first-order valence-corrected chi connectivity index (χ1v) is 9.46. The fraction of sp³-hybridized carbons (Fsp3) is 0.391. The molecule has 0 unspecified atom stereocenters. The zero-order chi connectivity index (χ0) is 19.3. The van der Waals surface area contributed by atoms with Gasteiger partial charge in [0.1, 0.15) is 5.82 Å². The highest BCUT2D eigenvalue weighted by atomic mass is 19.1. The van der Waals surface area contributed by atoms with E-state index < -0.39 is 5.82 Å². The number of nitrogens with one attached hydrogen (secondary N) is 1. The minimum Gasteiger partial charge on any atom is -0.371 e. The van der Waals surface area contributed by atoms with Gasteiger partial charge in [-0.1, -0.05) is 31.7 Å². The Bertz CT molecular complexity index is 704. The van der Waals surface area contributed by atoms with E-state index in [0.717, 1.165) is 30.6 Å². The van der Waals surface area contributed by atoms with Crippen molar-refractivity contribution in [2.24, 2.45) is 0 Å². The van der Waals surface area contributed by atoms with Gasteiger partial charge in [0.2, 0.25) is 0 Å². The van der Waals surface area contributed by atoms with Gasteiger partial charge >= 0.3 is 0 Å². The summed E-state index contributed by atoms with van der Waals surface area (Å²) in [5, 5.41) is 3.22. The van der Waals surface area contributed by atoms with E-state index in [-0.39, 0.29) is 13.0 Å². The summed E-state index contributed by atoms with van der Waals surface area (Å²) in [6.45, 7) is 4.68. The van der Waals surface area contributed by atoms with Crippen molar-refractivity contribution in [2.75, 3.05) is 31.1 Å². The minimum absolute atomic E-state index is 0. The molecule has 2 aliphatic rings. The van der Waals surface area contributed by atoms with Crippen molar-refractivity contribution in [3.63, 3.8) is 0 Å². The third-order valence-electron chi connectivity index (χ3n) is 4.50. The summed E-state index contributed by atoms with van der Waals surface area (Å²) >= 11 is 0. The number of para-hydroxylation sites is 1. The Kier molecular flexibility index (Phi) is 11.4. The molecule has 2 aliphatic heterocycles. The van der Waals surface area contributed by atoms with E-state index >= 15 is 0 Å². The summed E-state index contributed by atoms with van der Waals surface area (Å²) in [6, 6.07) is 13.6. The van der Waals surface area contributed by atoms with Crippen molar-refractivity contribution >= 4 is 18.3 Å². The SMILES string of the molecule is C.C1CCNC1.O=Cc1ccccc1F.O=Cc1ccccc1N1CCCC1. The maximum absolute atomic E-state index is 12.4. The van der Waals surface area contributed by atoms with E-state index in [1.807, 2.05) is 24.3 Å². The van der Waals surface area contributed by atoms with Gasteiger partial charge < -0.3 is 10.2 Å². The molecule has 2 aromatic carbocycles. The molecule has 5 heteroatoms.